The summed E-state index contributed by atoms with van der Waals surface area (Å²) in [6, 6.07) is 10.3. The van der Waals surface area contributed by atoms with Crippen LogP contribution in [-0.4, -0.2) is 21.3 Å². The number of thioether (sulfide) groups is 1. The molecule has 0 bridgehead atoms. The molecule has 0 amide bonds. The lowest BCUT2D eigenvalue weighted by molar-refractivity contribution is 0.0697. The van der Waals surface area contributed by atoms with Crippen LogP contribution in [0.15, 0.2) is 56.6 Å². The predicted molar refractivity (Wildman–Crippen MR) is 88.8 cm³/mol. The van der Waals surface area contributed by atoms with Gasteiger partial charge in [0.25, 0.3) is 0 Å². The highest BCUT2D eigenvalue weighted by molar-refractivity contribution is 7.98. The Morgan fingerprint density at radius 2 is 1.71 bits per heavy atom. The first-order valence-electron chi connectivity index (χ1n) is 6.89. The minimum atomic E-state index is -0.992. The molecule has 0 radical (unpaired) electrons. The summed E-state index contributed by atoms with van der Waals surface area (Å²) in [4.78, 5) is 23.3. The van der Waals surface area contributed by atoms with Gasteiger partial charge in [0.2, 0.25) is 0 Å². The molecule has 0 aliphatic carbocycles. The van der Waals surface area contributed by atoms with Gasteiger partial charge in [0.1, 0.15) is 5.58 Å². The maximum absolute atomic E-state index is 11.6. The molecule has 3 N–H and O–H groups in total. The van der Waals surface area contributed by atoms with E-state index in [0.717, 1.165) is 4.90 Å². The number of hydrogen-bond donors (Lipinski definition) is 3. The Balaban J connectivity index is 1.90. The third-order valence-corrected chi connectivity index (χ3v) is 4.48. The van der Waals surface area contributed by atoms with Gasteiger partial charge in [-0.1, -0.05) is 0 Å². The van der Waals surface area contributed by atoms with Crippen LogP contribution >= 0.6 is 11.8 Å². The molecular formula is C17H12O6S. The van der Waals surface area contributed by atoms with Gasteiger partial charge in [-0.25, -0.2) is 9.59 Å². The average Bonchev–Trinajstić information content (AvgIpc) is 2.54. The van der Waals surface area contributed by atoms with E-state index in [0.29, 0.717) is 16.7 Å². The Morgan fingerprint density at radius 1 is 1.04 bits per heavy atom. The predicted octanol–water partition coefficient (Wildman–Crippen LogP) is 3.19. The van der Waals surface area contributed by atoms with Gasteiger partial charge >= 0.3 is 11.6 Å². The number of rotatable bonds is 4. The molecule has 3 rings (SSSR count). The first-order chi connectivity index (χ1) is 11.4. The fourth-order valence-corrected chi connectivity index (χ4v) is 3.11. The Hall–Kier alpha value is -2.93. The van der Waals surface area contributed by atoms with Crippen LogP contribution in [0.1, 0.15) is 15.9 Å². The number of benzene rings is 2. The van der Waals surface area contributed by atoms with Crippen molar-refractivity contribution in [3.05, 3.63) is 64.0 Å². The summed E-state index contributed by atoms with van der Waals surface area (Å²) >= 11 is 1.41. The van der Waals surface area contributed by atoms with Crippen molar-refractivity contribution in [1.82, 2.24) is 0 Å². The van der Waals surface area contributed by atoms with E-state index in [4.69, 9.17) is 9.52 Å². The maximum Gasteiger partial charge on any atom is 0.336 e. The third-order valence-electron chi connectivity index (χ3n) is 3.42. The van der Waals surface area contributed by atoms with Crippen molar-refractivity contribution < 1.29 is 24.5 Å². The summed E-state index contributed by atoms with van der Waals surface area (Å²) < 4.78 is 5.03. The van der Waals surface area contributed by atoms with Crippen LogP contribution in [0.25, 0.3) is 11.0 Å². The first-order valence-corrected chi connectivity index (χ1v) is 7.87. The molecule has 0 saturated carbocycles. The minimum Gasteiger partial charge on any atom is -0.504 e. The summed E-state index contributed by atoms with van der Waals surface area (Å²) in [6.07, 6.45) is 0. The molecule has 6 nitrogen and oxygen atoms in total. The van der Waals surface area contributed by atoms with Crippen molar-refractivity contribution >= 4 is 28.7 Å². The summed E-state index contributed by atoms with van der Waals surface area (Å²) in [5, 5.41) is 28.6. The molecular weight excluding hydrogens is 332 g/mol. The molecule has 0 unspecified atom stereocenters. The van der Waals surface area contributed by atoms with Gasteiger partial charge in [0.05, 0.1) is 5.56 Å². The van der Waals surface area contributed by atoms with E-state index in [2.05, 4.69) is 0 Å². The number of carboxylic acids is 1. The van der Waals surface area contributed by atoms with Crippen LogP contribution in [-0.2, 0) is 5.75 Å². The number of aromatic carboxylic acids is 1. The molecule has 0 atom stereocenters. The van der Waals surface area contributed by atoms with E-state index < -0.39 is 11.6 Å². The van der Waals surface area contributed by atoms with Crippen LogP contribution in [0, 0.1) is 0 Å². The standard InChI is InChI=1S/C17H12O6S/c18-13-6-12-10(5-16(20)23-15(12)7-14(13)19)8-24-11-3-1-9(2-4-11)17(21)22/h1-7,18-19H,8H2,(H,21,22). The topological polar surface area (TPSA) is 108 Å². The van der Waals surface area contributed by atoms with Crippen molar-refractivity contribution in [3.63, 3.8) is 0 Å². The molecule has 122 valence electrons. The van der Waals surface area contributed by atoms with Gasteiger partial charge in [-0.15, -0.1) is 11.8 Å². The molecule has 1 aromatic heterocycles. The Kier molecular flexibility index (Phi) is 4.18. The van der Waals surface area contributed by atoms with Crippen molar-refractivity contribution in [3.8, 4) is 11.5 Å². The zero-order valence-electron chi connectivity index (χ0n) is 12.2. The van der Waals surface area contributed by atoms with Crippen LogP contribution in [0.3, 0.4) is 0 Å². The van der Waals surface area contributed by atoms with Crippen LogP contribution < -0.4 is 5.63 Å². The number of aromatic hydroxyl groups is 2. The summed E-state index contributed by atoms with van der Waals surface area (Å²) in [5.41, 5.74) is 0.480. The van der Waals surface area contributed by atoms with E-state index in [1.165, 1.54) is 42.1 Å². The molecule has 0 aliphatic rings. The molecule has 7 heteroatoms. The van der Waals surface area contributed by atoms with Gasteiger partial charge < -0.3 is 19.7 Å². The van der Waals surface area contributed by atoms with Gasteiger partial charge in [0, 0.05) is 28.2 Å². The molecule has 1 heterocycles. The SMILES string of the molecule is O=C(O)c1ccc(SCc2cc(=O)oc3cc(O)c(O)cc23)cc1. The second kappa shape index (κ2) is 6.29. The number of fused-ring (bicyclic) bond motifs is 1. The molecule has 2 aromatic carbocycles. The van der Waals surface area contributed by atoms with E-state index >= 15 is 0 Å². The number of carbonyl (C=O) groups is 1. The third kappa shape index (κ3) is 3.21. The lowest BCUT2D eigenvalue weighted by Crippen LogP contribution is -2.00. The quantitative estimate of drug-likeness (QED) is 0.379. The van der Waals surface area contributed by atoms with Gasteiger partial charge in [-0.3, -0.25) is 0 Å². The van der Waals surface area contributed by atoms with E-state index in [9.17, 15) is 19.8 Å². The normalized spacial score (nSPS) is 10.8. The van der Waals surface area contributed by atoms with Crippen molar-refractivity contribution in [2.75, 3.05) is 0 Å². The van der Waals surface area contributed by atoms with E-state index in [-0.39, 0.29) is 22.6 Å². The number of carboxylic acid groups (broad SMARTS) is 1. The molecule has 0 saturated heterocycles. The second-order valence-corrected chi connectivity index (χ2v) is 6.09. The molecule has 24 heavy (non-hydrogen) atoms. The van der Waals surface area contributed by atoms with Crippen LogP contribution in [0.5, 0.6) is 11.5 Å². The number of phenols is 2. The monoisotopic (exact) mass is 344 g/mol. The van der Waals surface area contributed by atoms with E-state index in [1.54, 1.807) is 12.1 Å². The van der Waals surface area contributed by atoms with E-state index in [1.807, 2.05) is 0 Å². The van der Waals surface area contributed by atoms with Crippen molar-refractivity contribution in [1.29, 1.82) is 0 Å². The molecule has 0 spiro atoms. The summed E-state index contributed by atoms with van der Waals surface area (Å²) in [5.74, 6) is -1.24. The zero-order chi connectivity index (χ0) is 17.3. The van der Waals surface area contributed by atoms with Gasteiger partial charge in [0.15, 0.2) is 11.5 Å². The summed E-state index contributed by atoms with van der Waals surface area (Å²) in [6.45, 7) is 0. The molecule has 3 aromatic rings. The fourth-order valence-electron chi connectivity index (χ4n) is 2.23. The van der Waals surface area contributed by atoms with Gasteiger partial charge in [-0.05, 0) is 35.9 Å². The molecule has 0 fully saturated rings. The minimum absolute atomic E-state index is 0.189. The highest BCUT2D eigenvalue weighted by Gasteiger charge is 2.11. The Bertz CT molecular complexity index is 975. The zero-order valence-corrected chi connectivity index (χ0v) is 13.0. The largest absolute Gasteiger partial charge is 0.504 e. The smallest absolute Gasteiger partial charge is 0.336 e. The second-order valence-electron chi connectivity index (χ2n) is 5.05. The molecule has 0 aliphatic heterocycles. The van der Waals surface area contributed by atoms with Gasteiger partial charge in [-0.2, -0.15) is 0 Å². The van der Waals surface area contributed by atoms with Crippen molar-refractivity contribution in [2.24, 2.45) is 0 Å². The maximum atomic E-state index is 11.6. The van der Waals surface area contributed by atoms with Crippen LogP contribution in [0.2, 0.25) is 0 Å². The first kappa shape index (κ1) is 15.9. The highest BCUT2D eigenvalue weighted by atomic mass is 32.2. The average molecular weight is 344 g/mol. The Morgan fingerprint density at radius 3 is 2.38 bits per heavy atom. The Labute approximate surface area is 140 Å². The lowest BCUT2D eigenvalue weighted by atomic mass is 10.1. The van der Waals surface area contributed by atoms with Crippen LogP contribution in [0.4, 0.5) is 0 Å². The number of hydrogen-bond acceptors (Lipinski definition) is 6. The highest BCUT2D eigenvalue weighted by Crippen LogP contribution is 2.33. The lowest BCUT2D eigenvalue weighted by Gasteiger charge is -2.07. The van der Waals surface area contributed by atoms with Crippen molar-refractivity contribution in [2.45, 2.75) is 10.6 Å². The summed E-state index contributed by atoms with van der Waals surface area (Å²) in [7, 11) is 0. The number of phenolic OH excluding ortho intramolecular Hbond substituents is 2. The fraction of sp³-hybridized carbons (Fsp3) is 0.0588.